The fraction of sp³-hybridized carbons (Fsp3) is 0.353. The summed E-state index contributed by atoms with van der Waals surface area (Å²) >= 11 is 0. The molecule has 1 N–H and O–H groups in total. The SMILES string of the molecule is CC1=C(CCCCCc2nn[nH]n2)C(=O)c2ccccc2C1=O. The van der Waals surface area contributed by atoms with E-state index in [-0.39, 0.29) is 11.6 Å². The number of unbranched alkanes of at least 4 members (excludes halogenated alkanes) is 2. The molecule has 1 aromatic carbocycles. The lowest BCUT2D eigenvalue weighted by Gasteiger charge is -2.18. The molecule has 1 heterocycles. The van der Waals surface area contributed by atoms with Crippen molar-refractivity contribution in [3.8, 4) is 0 Å². The Morgan fingerprint density at radius 2 is 1.65 bits per heavy atom. The molecule has 6 heteroatoms. The van der Waals surface area contributed by atoms with Gasteiger partial charge in [-0.15, -0.1) is 10.2 Å². The van der Waals surface area contributed by atoms with Crippen LogP contribution in [0.2, 0.25) is 0 Å². The van der Waals surface area contributed by atoms with E-state index in [1.807, 2.05) is 0 Å². The molecule has 23 heavy (non-hydrogen) atoms. The molecule has 1 aliphatic carbocycles. The van der Waals surface area contributed by atoms with Gasteiger partial charge in [0.05, 0.1) is 0 Å². The monoisotopic (exact) mass is 310 g/mol. The number of aryl methyl sites for hydroxylation is 1. The van der Waals surface area contributed by atoms with Gasteiger partial charge in [-0.25, -0.2) is 0 Å². The summed E-state index contributed by atoms with van der Waals surface area (Å²) in [5.41, 5.74) is 2.31. The zero-order chi connectivity index (χ0) is 16.2. The van der Waals surface area contributed by atoms with Gasteiger partial charge in [0.1, 0.15) is 0 Å². The van der Waals surface area contributed by atoms with Gasteiger partial charge in [0.25, 0.3) is 0 Å². The molecule has 0 fully saturated rings. The summed E-state index contributed by atoms with van der Waals surface area (Å²) in [6, 6.07) is 7.05. The van der Waals surface area contributed by atoms with Crippen LogP contribution < -0.4 is 0 Å². The lowest BCUT2D eigenvalue weighted by atomic mass is 9.83. The van der Waals surface area contributed by atoms with Gasteiger partial charge in [-0.05, 0) is 26.2 Å². The quantitative estimate of drug-likeness (QED) is 0.829. The molecule has 2 aromatic rings. The van der Waals surface area contributed by atoms with E-state index in [0.717, 1.165) is 25.7 Å². The summed E-state index contributed by atoms with van der Waals surface area (Å²) in [7, 11) is 0. The summed E-state index contributed by atoms with van der Waals surface area (Å²) in [5.74, 6) is 0.677. The van der Waals surface area contributed by atoms with Crippen molar-refractivity contribution in [3.05, 3.63) is 52.4 Å². The van der Waals surface area contributed by atoms with Gasteiger partial charge in [-0.2, -0.15) is 5.21 Å². The molecule has 0 amide bonds. The predicted molar refractivity (Wildman–Crippen MR) is 84.2 cm³/mol. The maximum atomic E-state index is 12.6. The highest BCUT2D eigenvalue weighted by atomic mass is 16.1. The van der Waals surface area contributed by atoms with E-state index in [4.69, 9.17) is 0 Å². The van der Waals surface area contributed by atoms with E-state index in [1.54, 1.807) is 31.2 Å². The third kappa shape index (κ3) is 3.11. The van der Waals surface area contributed by atoms with Gasteiger partial charge in [0.15, 0.2) is 17.4 Å². The van der Waals surface area contributed by atoms with Crippen LogP contribution in [0.3, 0.4) is 0 Å². The number of nitrogens with one attached hydrogen (secondary N) is 1. The molecule has 0 saturated heterocycles. The minimum atomic E-state index is -0.0259. The van der Waals surface area contributed by atoms with Crippen molar-refractivity contribution in [2.45, 2.75) is 39.0 Å². The fourth-order valence-electron chi connectivity index (χ4n) is 2.90. The van der Waals surface area contributed by atoms with Gasteiger partial charge in [0.2, 0.25) is 0 Å². The second kappa shape index (κ2) is 6.64. The number of benzene rings is 1. The number of hydrogen-bond donors (Lipinski definition) is 1. The number of Topliss-reactive ketones (excluding diaryl/α,β-unsaturated/α-hetero) is 2. The Kier molecular flexibility index (Phi) is 4.41. The number of nitrogens with zero attached hydrogens (tertiary/aromatic N) is 3. The summed E-state index contributed by atoms with van der Waals surface area (Å²) in [6.45, 7) is 1.75. The summed E-state index contributed by atoms with van der Waals surface area (Å²) < 4.78 is 0. The van der Waals surface area contributed by atoms with Gasteiger partial charge in [-0.3, -0.25) is 9.59 Å². The number of ketones is 2. The van der Waals surface area contributed by atoms with E-state index in [1.165, 1.54) is 0 Å². The number of allylic oxidation sites excluding steroid dienone is 2. The van der Waals surface area contributed by atoms with Crippen LogP contribution in [0.15, 0.2) is 35.4 Å². The van der Waals surface area contributed by atoms with Gasteiger partial charge in [0, 0.05) is 28.7 Å². The Bertz CT molecular complexity index is 763. The largest absolute Gasteiger partial charge is 0.289 e. The van der Waals surface area contributed by atoms with Gasteiger partial charge in [-0.1, -0.05) is 35.9 Å². The van der Waals surface area contributed by atoms with Crippen LogP contribution in [-0.2, 0) is 6.42 Å². The molecule has 1 aromatic heterocycles. The Morgan fingerprint density at radius 1 is 0.957 bits per heavy atom. The minimum absolute atomic E-state index is 0.00383. The first kappa shape index (κ1) is 15.3. The van der Waals surface area contributed by atoms with Crippen molar-refractivity contribution >= 4 is 11.6 Å². The first-order valence-electron chi connectivity index (χ1n) is 7.79. The number of tetrazole rings is 1. The van der Waals surface area contributed by atoms with E-state index < -0.39 is 0 Å². The molecule has 6 nitrogen and oxygen atoms in total. The highest BCUT2D eigenvalue weighted by Crippen LogP contribution is 2.29. The van der Waals surface area contributed by atoms with Crippen LogP contribution >= 0.6 is 0 Å². The van der Waals surface area contributed by atoms with Gasteiger partial charge >= 0.3 is 0 Å². The number of carbonyl (C=O) groups excluding carboxylic acids is 2. The predicted octanol–water partition coefficient (Wildman–Crippen LogP) is 2.70. The lowest BCUT2D eigenvalue weighted by molar-refractivity contribution is 0.0971. The molecule has 0 radical (unpaired) electrons. The molecule has 1 aliphatic rings. The molecule has 0 unspecified atom stereocenters. The molecule has 118 valence electrons. The first-order valence-corrected chi connectivity index (χ1v) is 7.79. The van der Waals surface area contributed by atoms with E-state index >= 15 is 0 Å². The van der Waals surface area contributed by atoms with Crippen LogP contribution in [-0.4, -0.2) is 32.2 Å². The van der Waals surface area contributed by atoms with Crippen LogP contribution in [0, 0.1) is 0 Å². The highest BCUT2D eigenvalue weighted by molar-refractivity contribution is 6.26. The second-order valence-electron chi connectivity index (χ2n) is 5.70. The average molecular weight is 310 g/mol. The van der Waals surface area contributed by atoms with Crippen molar-refractivity contribution in [2.75, 3.05) is 0 Å². The number of aromatic nitrogens is 4. The zero-order valence-corrected chi connectivity index (χ0v) is 13.0. The fourth-order valence-corrected chi connectivity index (χ4v) is 2.90. The van der Waals surface area contributed by atoms with E-state index in [9.17, 15) is 9.59 Å². The second-order valence-corrected chi connectivity index (χ2v) is 5.70. The molecular weight excluding hydrogens is 292 g/mol. The summed E-state index contributed by atoms with van der Waals surface area (Å²) in [5, 5.41) is 13.8. The topological polar surface area (TPSA) is 88.6 Å². The molecule has 0 spiro atoms. The van der Waals surface area contributed by atoms with Crippen molar-refractivity contribution in [1.82, 2.24) is 20.6 Å². The van der Waals surface area contributed by atoms with E-state index in [0.29, 0.717) is 34.5 Å². The Hall–Kier alpha value is -2.63. The Morgan fingerprint density at radius 3 is 2.35 bits per heavy atom. The van der Waals surface area contributed by atoms with Crippen molar-refractivity contribution < 1.29 is 9.59 Å². The summed E-state index contributed by atoms with van der Waals surface area (Å²) in [6.07, 6.45) is 4.16. The minimum Gasteiger partial charge on any atom is -0.289 e. The third-order valence-electron chi connectivity index (χ3n) is 4.20. The van der Waals surface area contributed by atoms with Crippen LogP contribution in [0.1, 0.15) is 59.1 Å². The first-order chi connectivity index (χ1) is 11.2. The maximum absolute atomic E-state index is 12.6. The highest BCUT2D eigenvalue weighted by Gasteiger charge is 2.28. The van der Waals surface area contributed by atoms with Crippen LogP contribution in [0.5, 0.6) is 0 Å². The maximum Gasteiger partial charge on any atom is 0.190 e. The third-order valence-corrected chi connectivity index (χ3v) is 4.20. The van der Waals surface area contributed by atoms with Crippen LogP contribution in [0.4, 0.5) is 0 Å². The Labute approximate surface area is 134 Å². The smallest absolute Gasteiger partial charge is 0.190 e. The van der Waals surface area contributed by atoms with Crippen molar-refractivity contribution in [3.63, 3.8) is 0 Å². The zero-order valence-electron chi connectivity index (χ0n) is 13.0. The normalized spacial score (nSPS) is 14.3. The summed E-state index contributed by atoms with van der Waals surface area (Å²) in [4.78, 5) is 25.0. The van der Waals surface area contributed by atoms with Crippen LogP contribution in [0.25, 0.3) is 0 Å². The number of carbonyl (C=O) groups is 2. The standard InChI is InChI=1S/C17H18N4O2/c1-11-12(7-3-2-4-10-15-18-20-21-19-15)17(23)14-9-6-5-8-13(14)16(11)22/h5-6,8-9H,2-4,7,10H2,1H3,(H,18,19,20,21). The molecule has 0 bridgehead atoms. The molecule has 0 saturated carbocycles. The number of hydrogen-bond acceptors (Lipinski definition) is 5. The van der Waals surface area contributed by atoms with E-state index in [2.05, 4.69) is 20.6 Å². The number of aromatic amines is 1. The number of rotatable bonds is 6. The Balaban J connectivity index is 1.60. The number of fused-ring (bicyclic) bond motifs is 1. The van der Waals surface area contributed by atoms with Crippen molar-refractivity contribution in [1.29, 1.82) is 0 Å². The average Bonchev–Trinajstić information content (AvgIpc) is 3.08. The van der Waals surface area contributed by atoms with Gasteiger partial charge < -0.3 is 0 Å². The number of H-pyrrole nitrogens is 1. The molecule has 0 aliphatic heterocycles. The lowest BCUT2D eigenvalue weighted by Crippen LogP contribution is -2.20. The van der Waals surface area contributed by atoms with Crippen molar-refractivity contribution in [2.24, 2.45) is 0 Å². The molecule has 0 atom stereocenters. The molecular formula is C17H18N4O2. The molecule has 3 rings (SSSR count).